The van der Waals surface area contributed by atoms with Gasteiger partial charge in [0.15, 0.2) is 0 Å². The molecule has 0 saturated carbocycles. The number of hydrogen-bond acceptors (Lipinski definition) is 5. The number of nitrogens with one attached hydrogen (secondary N) is 2. The maximum Gasteiger partial charge on any atom is 0.336 e. The van der Waals surface area contributed by atoms with E-state index in [9.17, 15) is 18.0 Å². The number of urea groups is 1. The normalized spacial score (nSPS) is 11.3. The third-order valence-electron chi connectivity index (χ3n) is 2.82. The molecule has 1 heterocycles. The molecular formula is C13H14N2O6S. The summed E-state index contributed by atoms with van der Waals surface area (Å²) in [5.41, 5.74) is 0.470. The van der Waals surface area contributed by atoms with Crippen molar-refractivity contribution in [1.29, 1.82) is 0 Å². The molecule has 0 bridgehead atoms. The van der Waals surface area contributed by atoms with Crippen LogP contribution in [0.4, 0.5) is 4.79 Å². The van der Waals surface area contributed by atoms with E-state index in [1.54, 1.807) is 24.3 Å². The SMILES string of the molecule is O=C(NCCS(=O)(=O)O)NCc1cc(=O)oc2ccccc12. The van der Waals surface area contributed by atoms with Crippen molar-refractivity contribution in [1.82, 2.24) is 10.6 Å². The molecular weight excluding hydrogens is 312 g/mol. The molecule has 0 spiro atoms. The van der Waals surface area contributed by atoms with Gasteiger partial charge < -0.3 is 15.1 Å². The second-order valence-electron chi connectivity index (χ2n) is 4.48. The molecule has 2 rings (SSSR count). The number of para-hydroxylation sites is 1. The molecule has 0 atom stereocenters. The number of benzene rings is 1. The predicted molar refractivity (Wildman–Crippen MR) is 79.1 cm³/mol. The molecule has 0 fully saturated rings. The predicted octanol–water partition coefficient (Wildman–Crippen LogP) is 0.480. The van der Waals surface area contributed by atoms with Crippen LogP contribution in [0.1, 0.15) is 5.56 Å². The van der Waals surface area contributed by atoms with Crippen molar-refractivity contribution in [2.24, 2.45) is 0 Å². The lowest BCUT2D eigenvalue weighted by atomic mass is 10.1. The summed E-state index contributed by atoms with van der Waals surface area (Å²) in [5, 5.41) is 5.47. The van der Waals surface area contributed by atoms with Crippen LogP contribution >= 0.6 is 0 Å². The fourth-order valence-corrected chi connectivity index (χ4v) is 2.22. The maximum absolute atomic E-state index is 11.5. The summed E-state index contributed by atoms with van der Waals surface area (Å²) < 4.78 is 34.6. The summed E-state index contributed by atoms with van der Waals surface area (Å²) in [6, 6.07) is 7.57. The summed E-state index contributed by atoms with van der Waals surface area (Å²) in [6.45, 7) is -0.147. The van der Waals surface area contributed by atoms with E-state index >= 15 is 0 Å². The minimum atomic E-state index is -4.12. The maximum atomic E-state index is 11.5. The van der Waals surface area contributed by atoms with Crippen LogP contribution in [0.5, 0.6) is 0 Å². The smallest absolute Gasteiger partial charge is 0.336 e. The average Bonchev–Trinajstić information content (AvgIpc) is 2.43. The van der Waals surface area contributed by atoms with Crippen LogP contribution in [0.25, 0.3) is 11.0 Å². The van der Waals surface area contributed by atoms with Gasteiger partial charge in [0.25, 0.3) is 10.1 Å². The Morgan fingerprint density at radius 3 is 2.68 bits per heavy atom. The molecule has 1 aromatic heterocycles. The van der Waals surface area contributed by atoms with E-state index in [1.165, 1.54) is 6.07 Å². The Kier molecular flexibility index (Phi) is 4.78. The molecule has 8 nitrogen and oxygen atoms in total. The lowest BCUT2D eigenvalue weighted by molar-refractivity contribution is 0.241. The van der Waals surface area contributed by atoms with Crippen LogP contribution in [-0.4, -0.2) is 31.3 Å². The zero-order valence-corrected chi connectivity index (χ0v) is 12.2. The van der Waals surface area contributed by atoms with E-state index in [1.807, 2.05) is 0 Å². The van der Waals surface area contributed by atoms with E-state index in [0.717, 1.165) is 0 Å². The number of hydrogen-bond donors (Lipinski definition) is 3. The second kappa shape index (κ2) is 6.58. The lowest BCUT2D eigenvalue weighted by Gasteiger charge is -2.08. The van der Waals surface area contributed by atoms with Crippen LogP contribution in [0.2, 0.25) is 0 Å². The van der Waals surface area contributed by atoms with Crippen molar-refractivity contribution in [2.75, 3.05) is 12.3 Å². The summed E-state index contributed by atoms with van der Waals surface area (Å²) in [4.78, 5) is 23.0. The van der Waals surface area contributed by atoms with Gasteiger partial charge in [-0.3, -0.25) is 4.55 Å². The van der Waals surface area contributed by atoms with Crippen LogP contribution in [0, 0.1) is 0 Å². The van der Waals surface area contributed by atoms with E-state index < -0.39 is 27.5 Å². The van der Waals surface area contributed by atoms with Crippen LogP contribution in [-0.2, 0) is 16.7 Å². The number of fused-ring (bicyclic) bond motifs is 1. The first-order valence-corrected chi connectivity index (χ1v) is 7.95. The molecule has 0 saturated heterocycles. The lowest BCUT2D eigenvalue weighted by Crippen LogP contribution is -2.37. The number of carbonyl (C=O) groups is 1. The Morgan fingerprint density at radius 2 is 1.95 bits per heavy atom. The molecule has 0 aliphatic carbocycles. The Bertz CT molecular complexity index is 843. The summed E-state index contributed by atoms with van der Waals surface area (Å²) in [7, 11) is -4.12. The number of amides is 2. The van der Waals surface area contributed by atoms with Gasteiger partial charge in [-0.05, 0) is 11.6 Å². The molecule has 0 radical (unpaired) electrons. The molecule has 22 heavy (non-hydrogen) atoms. The van der Waals surface area contributed by atoms with E-state index in [4.69, 9.17) is 8.97 Å². The van der Waals surface area contributed by atoms with Gasteiger partial charge in [0.2, 0.25) is 0 Å². The molecule has 1 aromatic carbocycles. The Labute approximate surface area is 125 Å². The zero-order valence-electron chi connectivity index (χ0n) is 11.4. The van der Waals surface area contributed by atoms with Crippen molar-refractivity contribution in [2.45, 2.75) is 6.54 Å². The minimum Gasteiger partial charge on any atom is -0.423 e. The van der Waals surface area contributed by atoms with Crippen molar-refractivity contribution < 1.29 is 22.2 Å². The zero-order chi connectivity index (χ0) is 16.2. The van der Waals surface area contributed by atoms with Crippen molar-refractivity contribution in [3.05, 3.63) is 46.3 Å². The first-order chi connectivity index (χ1) is 10.3. The van der Waals surface area contributed by atoms with Gasteiger partial charge >= 0.3 is 11.7 Å². The fraction of sp³-hybridized carbons (Fsp3) is 0.231. The van der Waals surface area contributed by atoms with Gasteiger partial charge in [-0.25, -0.2) is 9.59 Å². The summed E-state index contributed by atoms with van der Waals surface area (Å²) >= 11 is 0. The Morgan fingerprint density at radius 1 is 1.23 bits per heavy atom. The van der Waals surface area contributed by atoms with E-state index in [-0.39, 0.29) is 13.1 Å². The highest BCUT2D eigenvalue weighted by Crippen LogP contribution is 2.15. The van der Waals surface area contributed by atoms with Crippen molar-refractivity contribution in [3.63, 3.8) is 0 Å². The van der Waals surface area contributed by atoms with E-state index in [2.05, 4.69) is 10.6 Å². The standard InChI is InChI=1S/C13H14N2O6S/c16-12-7-9(10-3-1-2-4-11(10)21-12)8-15-13(17)14-5-6-22(18,19)20/h1-4,7H,5-6,8H2,(H2,14,15,17)(H,18,19,20). The quantitative estimate of drug-likeness (QED) is 0.542. The molecule has 2 amide bonds. The highest BCUT2D eigenvalue weighted by Gasteiger charge is 2.08. The molecule has 9 heteroatoms. The Hall–Kier alpha value is -2.39. The third kappa shape index (κ3) is 4.57. The van der Waals surface area contributed by atoms with Gasteiger partial charge in [0.05, 0.1) is 5.75 Å². The van der Waals surface area contributed by atoms with E-state index in [0.29, 0.717) is 16.5 Å². The average molecular weight is 326 g/mol. The molecule has 0 aliphatic rings. The highest BCUT2D eigenvalue weighted by atomic mass is 32.2. The third-order valence-corrected chi connectivity index (χ3v) is 3.54. The van der Waals surface area contributed by atoms with Gasteiger partial charge in [0, 0.05) is 24.5 Å². The monoisotopic (exact) mass is 326 g/mol. The molecule has 0 aliphatic heterocycles. The molecule has 0 unspecified atom stereocenters. The molecule has 118 valence electrons. The Balaban J connectivity index is 2.00. The van der Waals surface area contributed by atoms with Crippen molar-refractivity contribution >= 4 is 27.1 Å². The molecule has 3 N–H and O–H groups in total. The fourth-order valence-electron chi connectivity index (χ4n) is 1.86. The first-order valence-electron chi connectivity index (χ1n) is 6.34. The van der Waals surface area contributed by atoms with Crippen LogP contribution in [0.3, 0.4) is 0 Å². The summed E-state index contributed by atoms with van der Waals surface area (Å²) in [5.74, 6) is -0.571. The largest absolute Gasteiger partial charge is 0.423 e. The topological polar surface area (TPSA) is 126 Å². The first kappa shape index (κ1) is 16.0. The minimum absolute atomic E-state index is 0.0732. The van der Waals surface area contributed by atoms with Gasteiger partial charge in [-0.15, -0.1) is 0 Å². The number of carbonyl (C=O) groups excluding carboxylic acids is 1. The summed E-state index contributed by atoms with van der Waals surface area (Å²) in [6.07, 6.45) is 0. The van der Waals surface area contributed by atoms with Gasteiger partial charge in [-0.1, -0.05) is 18.2 Å². The van der Waals surface area contributed by atoms with Gasteiger partial charge in [0.1, 0.15) is 5.58 Å². The van der Waals surface area contributed by atoms with Crippen LogP contribution < -0.4 is 16.3 Å². The molecule has 2 aromatic rings. The van der Waals surface area contributed by atoms with Crippen molar-refractivity contribution in [3.8, 4) is 0 Å². The number of rotatable bonds is 5. The second-order valence-corrected chi connectivity index (χ2v) is 6.05. The van der Waals surface area contributed by atoms with Crippen LogP contribution in [0.15, 0.2) is 39.5 Å². The van der Waals surface area contributed by atoms with Gasteiger partial charge in [-0.2, -0.15) is 8.42 Å². The highest BCUT2D eigenvalue weighted by molar-refractivity contribution is 7.85.